The molecule has 5 rings (SSSR count). The van der Waals surface area contributed by atoms with E-state index in [1.54, 1.807) is 18.2 Å². The second-order valence-electron chi connectivity index (χ2n) is 9.94. The third kappa shape index (κ3) is 3.83. The zero-order chi connectivity index (χ0) is 23.3. The Balaban J connectivity index is 1.60. The fourth-order valence-corrected chi connectivity index (χ4v) is 5.55. The predicted molar refractivity (Wildman–Crippen MR) is 129 cm³/mol. The zero-order valence-electron chi connectivity index (χ0n) is 19.5. The minimum absolute atomic E-state index is 0.0694. The molecule has 0 aromatic heterocycles. The summed E-state index contributed by atoms with van der Waals surface area (Å²) in [5, 5.41) is 9.48. The first-order valence-electron chi connectivity index (χ1n) is 11.6. The molecular formula is C29H30O4. The lowest BCUT2D eigenvalue weighted by Crippen LogP contribution is -2.50. The SMILES string of the molecule is Cc1cc(-c2cccc(C(=O)O)c2)c2c(c1)[C@@H]1O[C@@H](C)[C@@H](c3ccccc3)C[C@@H]1C(C)(C)O2. The molecule has 0 bridgehead atoms. The summed E-state index contributed by atoms with van der Waals surface area (Å²) >= 11 is 0. The number of fused-ring (bicyclic) bond motifs is 3. The average molecular weight is 443 g/mol. The second kappa shape index (κ2) is 8.03. The molecule has 4 heteroatoms. The number of carboxylic acids is 1. The lowest BCUT2D eigenvalue weighted by atomic mass is 9.70. The summed E-state index contributed by atoms with van der Waals surface area (Å²) in [6.45, 7) is 8.53. The summed E-state index contributed by atoms with van der Waals surface area (Å²) in [7, 11) is 0. The van der Waals surface area contributed by atoms with E-state index < -0.39 is 11.6 Å². The monoisotopic (exact) mass is 442 g/mol. The molecule has 3 aromatic rings. The predicted octanol–water partition coefficient (Wildman–Crippen LogP) is 6.78. The number of carboxylic acid groups (broad SMARTS) is 1. The van der Waals surface area contributed by atoms with Crippen molar-refractivity contribution in [1.29, 1.82) is 0 Å². The summed E-state index contributed by atoms with van der Waals surface area (Å²) < 4.78 is 13.5. The number of aromatic carboxylic acids is 1. The second-order valence-corrected chi connectivity index (χ2v) is 9.94. The van der Waals surface area contributed by atoms with Crippen molar-refractivity contribution in [2.45, 2.75) is 57.8 Å². The lowest BCUT2D eigenvalue weighted by Gasteiger charge is -2.51. The molecule has 0 spiro atoms. The van der Waals surface area contributed by atoms with Crippen LogP contribution in [0.15, 0.2) is 66.7 Å². The van der Waals surface area contributed by atoms with Crippen LogP contribution in [0.1, 0.15) is 66.3 Å². The van der Waals surface area contributed by atoms with Crippen molar-refractivity contribution in [2.75, 3.05) is 0 Å². The van der Waals surface area contributed by atoms with Gasteiger partial charge in [-0.2, -0.15) is 0 Å². The van der Waals surface area contributed by atoms with Gasteiger partial charge >= 0.3 is 5.97 Å². The largest absolute Gasteiger partial charge is 0.486 e. The molecule has 170 valence electrons. The molecule has 4 nitrogen and oxygen atoms in total. The van der Waals surface area contributed by atoms with Crippen LogP contribution >= 0.6 is 0 Å². The van der Waals surface area contributed by atoms with E-state index in [1.165, 1.54) is 5.56 Å². The Morgan fingerprint density at radius 2 is 1.79 bits per heavy atom. The molecule has 3 aromatic carbocycles. The number of benzene rings is 3. The van der Waals surface area contributed by atoms with Gasteiger partial charge in [-0.05, 0) is 75.1 Å². The maximum Gasteiger partial charge on any atom is 0.335 e. The third-order valence-corrected chi connectivity index (χ3v) is 7.28. The molecule has 2 aliphatic rings. The molecule has 2 aliphatic heterocycles. The van der Waals surface area contributed by atoms with Crippen LogP contribution in [-0.2, 0) is 4.74 Å². The Hall–Kier alpha value is -3.11. The van der Waals surface area contributed by atoms with Crippen molar-refractivity contribution in [3.05, 3.63) is 89.0 Å². The van der Waals surface area contributed by atoms with E-state index in [2.05, 4.69) is 64.1 Å². The molecule has 2 heterocycles. The summed E-state index contributed by atoms with van der Waals surface area (Å²) in [5.41, 5.74) is 5.07. The summed E-state index contributed by atoms with van der Waals surface area (Å²) in [6.07, 6.45) is 0.995. The molecule has 33 heavy (non-hydrogen) atoms. The molecule has 0 aliphatic carbocycles. The molecule has 0 radical (unpaired) electrons. The van der Waals surface area contributed by atoms with Crippen LogP contribution in [0.5, 0.6) is 5.75 Å². The van der Waals surface area contributed by atoms with Gasteiger partial charge in [0.15, 0.2) is 0 Å². The highest BCUT2D eigenvalue weighted by Gasteiger charge is 2.50. The van der Waals surface area contributed by atoms with Gasteiger partial charge in [-0.3, -0.25) is 0 Å². The number of rotatable bonds is 3. The van der Waals surface area contributed by atoms with E-state index in [4.69, 9.17) is 9.47 Å². The topological polar surface area (TPSA) is 55.8 Å². The summed E-state index contributed by atoms with van der Waals surface area (Å²) in [4.78, 5) is 11.6. The normalized spacial score (nSPS) is 25.5. The van der Waals surface area contributed by atoms with Gasteiger partial charge in [0.1, 0.15) is 11.4 Å². The number of hydrogen-bond donors (Lipinski definition) is 1. The van der Waals surface area contributed by atoms with Crippen molar-refractivity contribution >= 4 is 5.97 Å². The summed E-state index contributed by atoms with van der Waals surface area (Å²) in [6, 6.07) is 21.9. The van der Waals surface area contributed by atoms with Crippen LogP contribution in [0.2, 0.25) is 0 Å². The van der Waals surface area contributed by atoms with Gasteiger partial charge < -0.3 is 14.6 Å². The van der Waals surface area contributed by atoms with Crippen LogP contribution in [-0.4, -0.2) is 22.8 Å². The van der Waals surface area contributed by atoms with E-state index in [0.29, 0.717) is 5.92 Å². The number of ether oxygens (including phenoxy) is 2. The first-order valence-corrected chi connectivity index (χ1v) is 11.6. The first kappa shape index (κ1) is 21.7. The molecular weight excluding hydrogens is 412 g/mol. The van der Waals surface area contributed by atoms with Gasteiger partial charge in [-0.15, -0.1) is 0 Å². The van der Waals surface area contributed by atoms with E-state index in [-0.39, 0.29) is 23.7 Å². The molecule has 0 amide bonds. The average Bonchev–Trinajstić information content (AvgIpc) is 2.79. The minimum Gasteiger partial charge on any atom is -0.486 e. The fourth-order valence-electron chi connectivity index (χ4n) is 5.55. The maximum absolute atomic E-state index is 11.6. The highest BCUT2D eigenvalue weighted by Crippen LogP contribution is 2.55. The highest BCUT2D eigenvalue weighted by molar-refractivity contribution is 5.90. The minimum atomic E-state index is -0.934. The van der Waals surface area contributed by atoms with Crippen LogP contribution in [0, 0.1) is 12.8 Å². The van der Waals surface area contributed by atoms with Gasteiger partial charge in [0, 0.05) is 23.0 Å². The molecule has 0 unspecified atom stereocenters. The smallest absolute Gasteiger partial charge is 0.335 e. The Morgan fingerprint density at radius 1 is 1.03 bits per heavy atom. The van der Waals surface area contributed by atoms with E-state index in [0.717, 1.165) is 34.4 Å². The first-order chi connectivity index (χ1) is 15.7. The van der Waals surface area contributed by atoms with Gasteiger partial charge in [-0.1, -0.05) is 42.5 Å². The molecule has 1 fully saturated rings. The van der Waals surface area contributed by atoms with Crippen molar-refractivity contribution in [3.8, 4) is 16.9 Å². The maximum atomic E-state index is 11.6. The zero-order valence-corrected chi connectivity index (χ0v) is 19.5. The highest BCUT2D eigenvalue weighted by atomic mass is 16.5. The molecule has 4 atom stereocenters. The fraction of sp³-hybridized carbons (Fsp3) is 0.345. The van der Waals surface area contributed by atoms with Gasteiger partial charge in [0.2, 0.25) is 0 Å². The third-order valence-electron chi connectivity index (χ3n) is 7.28. The Kier molecular flexibility index (Phi) is 5.29. The van der Waals surface area contributed by atoms with E-state index in [9.17, 15) is 9.90 Å². The van der Waals surface area contributed by atoms with Crippen LogP contribution in [0.4, 0.5) is 0 Å². The quantitative estimate of drug-likeness (QED) is 0.486. The summed E-state index contributed by atoms with van der Waals surface area (Å²) in [5.74, 6) is 0.385. The molecule has 1 N–H and O–H groups in total. The van der Waals surface area contributed by atoms with Crippen LogP contribution in [0.3, 0.4) is 0 Å². The van der Waals surface area contributed by atoms with Crippen LogP contribution < -0.4 is 4.74 Å². The molecule has 0 saturated carbocycles. The van der Waals surface area contributed by atoms with Crippen LogP contribution in [0.25, 0.3) is 11.1 Å². The Labute approximate surface area is 195 Å². The van der Waals surface area contributed by atoms with Gasteiger partial charge in [-0.25, -0.2) is 4.79 Å². The van der Waals surface area contributed by atoms with Crippen molar-refractivity contribution in [2.24, 2.45) is 5.92 Å². The van der Waals surface area contributed by atoms with Gasteiger partial charge in [0.25, 0.3) is 0 Å². The lowest BCUT2D eigenvalue weighted by molar-refractivity contribution is -0.153. The van der Waals surface area contributed by atoms with Crippen molar-refractivity contribution in [1.82, 2.24) is 0 Å². The van der Waals surface area contributed by atoms with Crippen molar-refractivity contribution in [3.63, 3.8) is 0 Å². The van der Waals surface area contributed by atoms with E-state index in [1.807, 2.05) is 12.1 Å². The number of hydrogen-bond acceptors (Lipinski definition) is 3. The number of aryl methyl sites for hydroxylation is 1. The Morgan fingerprint density at radius 3 is 2.52 bits per heavy atom. The van der Waals surface area contributed by atoms with Crippen molar-refractivity contribution < 1.29 is 19.4 Å². The number of carbonyl (C=O) groups is 1. The molecule has 1 saturated heterocycles. The Bertz CT molecular complexity index is 1200. The van der Waals surface area contributed by atoms with E-state index >= 15 is 0 Å². The van der Waals surface area contributed by atoms with Gasteiger partial charge in [0.05, 0.1) is 17.8 Å². The standard InChI is InChI=1S/C29H30O4/c1-17-13-23(20-11-8-12-21(15-20)28(30)31)26-24(14-17)27-25(29(3,4)33-26)16-22(18(2)32-27)19-9-6-5-7-10-19/h5-15,18,22,25,27H,16H2,1-4H3,(H,30,31)/t18-,22-,25-,27-/m0/s1.